The summed E-state index contributed by atoms with van der Waals surface area (Å²) in [6.45, 7) is 4.52. The number of alkyl halides is 2. The largest absolute Gasteiger partial charge is 0.385 e. The van der Waals surface area contributed by atoms with Crippen LogP contribution < -0.4 is 0 Å². The van der Waals surface area contributed by atoms with Crippen molar-refractivity contribution in [3.8, 4) is 0 Å². The fourth-order valence-corrected chi connectivity index (χ4v) is 2.48. The molecule has 0 fully saturated rings. The van der Waals surface area contributed by atoms with Gasteiger partial charge in [-0.25, -0.2) is 8.78 Å². The van der Waals surface area contributed by atoms with E-state index >= 15 is 0 Å². The van der Waals surface area contributed by atoms with E-state index in [4.69, 9.17) is 0 Å². The summed E-state index contributed by atoms with van der Waals surface area (Å²) in [5.41, 5.74) is -0.543. The summed E-state index contributed by atoms with van der Waals surface area (Å²) in [6.07, 6.45) is -2.01. The van der Waals surface area contributed by atoms with Gasteiger partial charge >= 0.3 is 0 Å². The Labute approximate surface area is 114 Å². The minimum atomic E-state index is -2.51. The van der Waals surface area contributed by atoms with Crippen molar-refractivity contribution in [2.45, 2.75) is 32.3 Å². The smallest absolute Gasteiger partial charge is 0.263 e. The van der Waals surface area contributed by atoms with E-state index in [9.17, 15) is 13.9 Å². The summed E-state index contributed by atoms with van der Waals surface area (Å²) in [6, 6.07) is 6.11. The van der Waals surface area contributed by atoms with Crippen LogP contribution in [0.5, 0.6) is 0 Å². The maximum absolute atomic E-state index is 12.8. The molecule has 1 aromatic carbocycles. The lowest BCUT2D eigenvalue weighted by atomic mass is 9.79. The molecule has 19 heavy (non-hydrogen) atoms. The molecule has 0 aliphatic heterocycles. The SMILES string of the molecule is CC[C@](O)(c1cccc(C(F)F)c1)C(C)CN(C)C. The van der Waals surface area contributed by atoms with E-state index in [0.29, 0.717) is 18.5 Å². The fraction of sp³-hybridized carbons (Fsp3) is 0.600. The van der Waals surface area contributed by atoms with Crippen LogP contribution in [0.25, 0.3) is 0 Å². The highest BCUT2D eigenvalue weighted by Gasteiger charge is 2.34. The Morgan fingerprint density at radius 1 is 1.32 bits per heavy atom. The molecular weight excluding hydrogens is 248 g/mol. The first-order valence-corrected chi connectivity index (χ1v) is 6.57. The molecule has 0 radical (unpaired) electrons. The van der Waals surface area contributed by atoms with E-state index in [0.717, 1.165) is 0 Å². The van der Waals surface area contributed by atoms with Gasteiger partial charge in [-0.15, -0.1) is 0 Å². The predicted octanol–water partition coefficient (Wildman–Crippen LogP) is 3.42. The normalized spacial score (nSPS) is 16.7. The number of hydrogen-bond acceptors (Lipinski definition) is 2. The van der Waals surface area contributed by atoms with Crippen molar-refractivity contribution in [2.75, 3.05) is 20.6 Å². The van der Waals surface area contributed by atoms with Gasteiger partial charge in [-0.3, -0.25) is 0 Å². The highest BCUT2D eigenvalue weighted by molar-refractivity contribution is 5.29. The van der Waals surface area contributed by atoms with Gasteiger partial charge in [0.1, 0.15) is 0 Å². The summed E-state index contributed by atoms with van der Waals surface area (Å²) in [5.74, 6) is -0.0413. The van der Waals surface area contributed by atoms with Crippen LogP contribution in [0.15, 0.2) is 24.3 Å². The second-order valence-electron chi connectivity index (χ2n) is 5.37. The third kappa shape index (κ3) is 3.74. The molecule has 0 saturated carbocycles. The molecule has 108 valence electrons. The molecule has 1 unspecified atom stereocenters. The van der Waals surface area contributed by atoms with Gasteiger partial charge in [-0.1, -0.05) is 32.0 Å². The Morgan fingerprint density at radius 2 is 1.95 bits per heavy atom. The summed E-state index contributed by atoms with van der Waals surface area (Å²) < 4.78 is 25.5. The molecule has 2 nitrogen and oxygen atoms in total. The molecule has 0 amide bonds. The molecule has 0 aromatic heterocycles. The zero-order valence-electron chi connectivity index (χ0n) is 12.0. The van der Waals surface area contributed by atoms with E-state index in [1.54, 1.807) is 12.1 Å². The topological polar surface area (TPSA) is 23.5 Å². The average Bonchev–Trinajstić information content (AvgIpc) is 2.37. The van der Waals surface area contributed by atoms with E-state index < -0.39 is 12.0 Å². The van der Waals surface area contributed by atoms with Gasteiger partial charge in [0, 0.05) is 18.0 Å². The molecule has 1 N–H and O–H groups in total. The lowest BCUT2D eigenvalue weighted by molar-refractivity contribution is -0.0293. The number of nitrogens with zero attached hydrogens (tertiary/aromatic N) is 1. The van der Waals surface area contributed by atoms with Crippen molar-refractivity contribution in [3.63, 3.8) is 0 Å². The third-order valence-corrected chi connectivity index (χ3v) is 3.63. The lowest BCUT2D eigenvalue weighted by Gasteiger charge is -2.35. The first-order chi connectivity index (χ1) is 8.81. The molecule has 0 saturated heterocycles. The van der Waals surface area contributed by atoms with Crippen LogP contribution in [0.2, 0.25) is 0 Å². The summed E-state index contributed by atoms with van der Waals surface area (Å²) in [7, 11) is 3.87. The maximum atomic E-state index is 12.8. The van der Waals surface area contributed by atoms with E-state index in [1.165, 1.54) is 12.1 Å². The zero-order chi connectivity index (χ0) is 14.6. The first kappa shape index (κ1) is 16.1. The highest BCUT2D eigenvalue weighted by Crippen LogP contribution is 2.35. The molecule has 0 aliphatic carbocycles. The average molecular weight is 271 g/mol. The molecule has 0 aliphatic rings. The Hall–Kier alpha value is -1.00. The van der Waals surface area contributed by atoms with Crippen molar-refractivity contribution in [2.24, 2.45) is 5.92 Å². The van der Waals surface area contributed by atoms with Crippen molar-refractivity contribution in [1.82, 2.24) is 4.90 Å². The summed E-state index contributed by atoms with van der Waals surface area (Å²) >= 11 is 0. The van der Waals surface area contributed by atoms with Crippen LogP contribution >= 0.6 is 0 Å². The van der Waals surface area contributed by atoms with Crippen molar-refractivity contribution >= 4 is 0 Å². The van der Waals surface area contributed by atoms with Gasteiger partial charge in [0.05, 0.1) is 5.60 Å². The highest BCUT2D eigenvalue weighted by atomic mass is 19.3. The van der Waals surface area contributed by atoms with Crippen LogP contribution in [-0.2, 0) is 5.60 Å². The quantitative estimate of drug-likeness (QED) is 0.857. The van der Waals surface area contributed by atoms with Crippen LogP contribution in [-0.4, -0.2) is 30.6 Å². The van der Waals surface area contributed by atoms with Gasteiger partial charge in [-0.05, 0) is 32.1 Å². The summed E-state index contributed by atoms with van der Waals surface area (Å²) in [4.78, 5) is 1.99. The molecular formula is C15H23F2NO. The Morgan fingerprint density at radius 3 is 2.42 bits per heavy atom. The van der Waals surface area contributed by atoms with Crippen LogP contribution in [0.4, 0.5) is 8.78 Å². The zero-order valence-corrected chi connectivity index (χ0v) is 12.0. The van der Waals surface area contributed by atoms with E-state index in [-0.39, 0.29) is 11.5 Å². The van der Waals surface area contributed by atoms with Gasteiger partial charge in [0.25, 0.3) is 6.43 Å². The lowest BCUT2D eigenvalue weighted by Crippen LogP contribution is -2.38. The standard InChI is InChI=1S/C15H23F2NO/c1-5-15(19,11(2)10-18(3)4)13-8-6-7-12(9-13)14(16)17/h6-9,11,14,19H,5,10H2,1-4H3/t11?,15-/m1/s1. The Bertz CT molecular complexity index is 409. The molecule has 1 rings (SSSR count). The number of aliphatic hydroxyl groups is 1. The van der Waals surface area contributed by atoms with Gasteiger partial charge in [0.2, 0.25) is 0 Å². The Kier molecular flexibility index (Phi) is 5.44. The van der Waals surface area contributed by atoms with Crippen molar-refractivity contribution < 1.29 is 13.9 Å². The van der Waals surface area contributed by atoms with Crippen LogP contribution in [0.1, 0.15) is 37.8 Å². The summed E-state index contributed by atoms with van der Waals surface area (Å²) in [5, 5.41) is 10.8. The molecule has 0 bridgehead atoms. The molecule has 0 spiro atoms. The second-order valence-corrected chi connectivity index (χ2v) is 5.37. The van der Waals surface area contributed by atoms with Gasteiger partial charge < -0.3 is 10.0 Å². The number of halogens is 2. The van der Waals surface area contributed by atoms with Crippen molar-refractivity contribution in [3.05, 3.63) is 35.4 Å². The maximum Gasteiger partial charge on any atom is 0.263 e. The van der Waals surface area contributed by atoms with E-state index in [1.807, 2.05) is 32.8 Å². The van der Waals surface area contributed by atoms with Crippen LogP contribution in [0, 0.1) is 5.92 Å². The Balaban J connectivity index is 3.10. The second kappa shape index (κ2) is 6.44. The fourth-order valence-electron chi connectivity index (χ4n) is 2.48. The number of hydrogen-bond donors (Lipinski definition) is 1. The molecule has 4 heteroatoms. The van der Waals surface area contributed by atoms with Crippen molar-refractivity contribution in [1.29, 1.82) is 0 Å². The molecule has 0 heterocycles. The third-order valence-electron chi connectivity index (χ3n) is 3.63. The number of rotatable bonds is 6. The minimum absolute atomic E-state index is 0.0403. The monoisotopic (exact) mass is 271 g/mol. The van der Waals surface area contributed by atoms with Crippen LogP contribution in [0.3, 0.4) is 0 Å². The van der Waals surface area contributed by atoms with Gasteiger partial charge in [-0.2, -0.15) is 0 Å². The van der Waals surface area contributed by atoms with Gasteiger partial charge in [0.15, 0.2) is 0 Å². The van der Waals surface area contributed by atoms with E-state index in [2.05, 4.69) is 0 Å². The molecule has 1 aromatic rings. The first-order valence-electron chi connectivity index (χ1n) is 6.57. The predicted molar refractivity (Wildman–Crippen MR) is 73.3 cm³/mol. The number of benzene rings is 1. The minimum Gasteiger partial charge on any atom is -0.385 e. The molecule has 2 atom stereocenters.